The lowest BCUT2D eigenvalue weighted by molar-refractivity contribution is -0.137. The summed E-state index contributed by atoms with van der Waals surface area (Å²) in [4.78, 5) is 22.8. The first kappa shape index (κ1) is 14.3. The summed E-state index contributed by atoms with van der Waals surface area (Å²) in [6.45, 7) is 0. The molecule has 0 saturated heterocycles. The number of esters is 2. The highest BCUT2D eigenvalue weighted by Gasteiger charge is 2.13. The molecule has 0 aliphatic rings. The minimum absolute atomic E-state index is 0.230. The van der Waals surface area contributed by atoms with Crippen LogP contribution in [0.5, 0.6) is 0 Å². The zero-order chi connectivity index (χ0) is 13.4. The molecule has 0 bridgehead atoms. The first-order chi connectivity index (χ1) is 8.67. The minimum atomic E-state index is -0.573. The molecule has 0 N–H and O–H groups in total. The summed E-state index contributed by atoms with van der Waals surface area (Å²) in [7, 11) is 2.53. The number of hydrogen-bond acceptors (Lipinski definition) is 5. The van der Waals surface area contributed by atoms with Crippen LogP contribution in [0.3, 0.4) is 0 Å². The molecule has 18 heavy (non-hydrogen) atoms. The van der Waals surface area contributed by atoms with Crippen LogP contribution in [0.25, 0.3) is 0 Å². The Morgan fingerprint density at radius 1 is 1.17 bits per heavy atom. The van der Waals surface area contributed by atoms with Crippen LogP contribution in [0, 0.1) is 0 Å². The second-order valence-corrected chi connectivity index (χ2v) is 4.31. The molecule has 0 aliphatic heterocycles. The molecule has 0 heterocycles. The summed E-state index contributed by atoms with van der Waals surface area (Å²) in [5.41, 5.74) is 1.06. The van der Waals surface area contributed by atoms with Crippen LogP contribution in [0.15, 0.2) is 41.3 Å². The lowest BCUT2D eigenvalue weighted by Gasteiger charge is -2.05. The van der Waals surface area contributed by atoms with Gasteiger partial charge in [-0.25, -0.2) is 9.59 Å². The standard InChI is InChI=1S/C13H14O4S/c1-16-12(14)8-11(13(15)17-2)18-9-10-6-4-3-5-7-10/h3-8H,9H2,1-2H3/b11-8+. The van der Waals surface area contributed by atoms with E-state index in [0.717, 1.165) is 11.6 Å². The van der Waals surface area contributed by atoms with Crippen molar-refractivity contribution in [1.29, 1.82) is 0 Å². The zero-order valence-electron chi connectivity index (χ0n) is 10.2. The van der Waals surface area contributed by atoms with Crippen molar-refractivity contribution in [3.8, 4) is 0 Å². The fourth-order valence-electron chi connectivity index (χ4n) is 1.16. The molecule has 0 aliphatic carbocycles. The third kappa shape index (κ3) is 4.63. The number of rotatable bonds is 5. The Kier molecular flexibility index (Phi) is 6.00. The maximum atomic E-state index is 11.5. The fraction of sp³-hybridized carbons (Fsp3) is 0.231. The highest BCUT2D eigenvalue weighted by molar-refractivity contribution is 8.03. The van der Waals surface area contributed by atoms with Gasteiger partial charge in [0.15, 0.2) is 0 Å². The minimum Gasteiger partial charge on any atom is -0.466 e. The lowest BCUT2D eigenvalue weighted by Crippen LogP contribution is -2.06. The quantitative estimate of drug-likeness (QED) is 0.604. The molecular formula is C13H14O4S. The lowest BCUT2D eigenvalue weighted by atomic mass is 10.2. The van der Waals surface area contributed by atoms with Gasteiger partial charge >= 0.3 is 11.9 Å². The number of methoxy groups -OCH3 is 2. The normalized spacial score (nSPS) is 10.9. The van der Waals surface area contributed by atoms with E-state index in [9.17, 15) is 9.59 Å². The molecule has 1 aromatic rings. The van der Waals surface area contributed by atoms with Gasteiger partial charge in [-0.15, -0.1) is 11.8 Å². The smallest absolute Gasteiger partial charge is 0.344 e. The van der Waals surface area contributed by atoms with Gasteiger partial charge in [0.1, 0.15) is 4.91 Å². The predicted molar refractivity (Wildman–Crippen MR) is 69.9 cm³/mol. The summed E-state index contributed by atoms with van der Waals surface area (Å²) in [5.74, 6) is -0.532. The summed E-state index contributed by atoms with van der Waals surface area (Å²) in [6.07, 6.45) is 1.14. The van der Waals surface area contributed by atoms with Gasteiger partial charge in [0.05, 0.1) is 14.2 Å². The predicted octanol–water partition coefficient (Wildman–Crippen LogP) is 2.15. The third-order valence-corrected chi connectivity index (χ3v) is 3.15. The van der Waals surface area contributed by atoms with E-state index >= 15 is 0 Å². The van der Waals surface area contributed by atoms with Crippen LogP contribution in [-0.4, -0.2) is 26.2 Å². The summed E-state index contributed by atoms with van der Waals surface area (Å²) in [6, 6.07) is 9.63. The van der Waals surface area contributed by atoms with Gasteiger partial charge in [0.25, 0.3) is 0 Å². The first-order valence-electron chi connectivity index (χ1n) is 5.22. The molecule has 0 atom stereocenters. The van der Waals surface area contributed by atoms with Crippen molar-refractivity contribution in [3.05, 3.63) is 46.9 Å². The molecule has 1 aromatic carbocycles. The van der Waals surface area contributed by atoms with Crippen LogP contribution in [0.4, 0.5) is 0 Å². The Morgan fingerprint density at radius 3 is 2.39 bits per heavy atom. The van der Waals surface area contributed by atoms with E-state index in [-0.39, 0.29) is 4.91 Å². The molecule has 1 rings (SSSR count). The Morgan fingerprint density at radius 2 is 1.83 bits per heavy atom. The van der Waals surface area contributed by atoms with E-state index in [0.29, 0.717) is 5.75 Å². The molecule has 5 heteroatoms. The van der Waals surface area contributed by atoms with Crippen molar-refractivity contribution in [2.45, 2.75) is 5.75 Å². The van der Waals surface area contributed by atoms with Crippen LogP contribution in [0.1, 0.15) is 5.56 Å². The first-order valence-corrected chi connectivity index (χ1v) is 6.20. The van der Waals surface area contributed by atoms with Gasteiger partial charge in [0.2, 0.25) is 0 Å². The van der Waals surface area contributed by atoms with Gasteiger partial charge < -0.3 is 9.47 Å². The van der Waals surface area contributed by atoms with Crippen molar-refractivity contribution in [1.82, 2.24) is 0 Å². The molecule has 0 spiro atoms. The molecule has 0 unspecified atom stereocenters. The topological polar surface area (TPSA) is 52.6 Å². The van der Waals surface area contributed by atoms with Crippen LogP contribution < -0.4 is 0 Å². The number of benzene rings is 1. The molecule has 96 valence electrons. The highest BCUT2D eigenvalue weighted by Crippen LogP contribution is 2.22. The third-order valence-electron chi connectivity index (χ3n) is 2.07. The van der Waals surface area contributed by atoms with Crippen LogP contribution in [-0.2, 0) is 24.8 Å². The van der Waals surface area contributed by atoms with Crippen molar-refractivity contribution in [3.63, 3.8) is 0 Å². The number of hydrogen-bond donors (Lipinski definition) is 0. The van der Waals surface area contributed by atoms with Crippen molar-refractivity contribution >= 4 is 23.7 Å². The molecule has 0 aromatic heterocycles. The van der Waals surface area contributed by atoms with E-state index in [1.54, 1.807) is 0 Å². The Labute approximate surface area is 110 Å². The SMILES string of the molecule is COC(=O)/C=C(/SCc1ccccc1)C(=O)OC. The number of thioether (sulfide) groups is 1. The zero-order valence-corrected chi connectivity index (χ0v) is 11.0. The van der Waals surface area contributed by atoms with Crippen LogP contribution in [0.2, 0.25) is 0 Å². The maximum Gasteiger partial charge on any atom is 0.344 e. The summed E-state index contributed by atoms with van der Waals surface area (Å²) in [5, 5.41) is 0. The van der Waals surface area contributed by atoms with Gasteiger partial charge in [-0.3, -0.25) is 0 Å². The van der Waals surface area contributed by atoms with Crippen molar-refractivity contribution in [2.75, 3.05) is 14.2 Å². The fourth-order valence-corrected chi connectivity index (χ4v) is 2.06. The molecule has 0 amide bonds. The average Bonchev–Trinajstić information content (AvgIpc) is 2.43. The second kappa shape index (κ2) is 7.55. The number of carbonyl (C=O) groups is 2. The monoisotopic (exact) mass is 266 g/mol. The van der Waals surface area contributed by atoms with E-state index in [1.807, 2.05) is 30.3 Å². The van der Waals surface area contributed by atoms with E-state index in [4.69, 9.17) is 0 Å². The molecule has 0 fully saturated rings. The Bertz CT molecular complexity index is 440. The number of ether oxygens (including phenoxy) is 2. The Hall–Kier alpha value is -1.75. The van der Waals surface area contributed by atoms with E-state index in [2.05, 4.69) is 9.47 Å². The second-order valence-electron chi connectivity index (χ2n) is 3.30. The molecular weight excluding hydrogens is 252 g/mol. The van der Waals surface area contributed by atoms with Gasteiger partial charge in [0, 0.05) is 11.8 Å². The average molecular weight is 266 g/mol. The van der Waals surface area contributed by atoms with Gasteiger partial charge in [-0.1, -0.05) is 30.3 Å². The van der Waals surface area contributed by atoms with E-state index in [1.165, 1.54) is 26.0 Å². The molecule has 4 nitrogen and oxygen atoms in total. The maximum absolute atomic E-state index is 11.5. The highest BCUT2D eigenvalue weighted by atomic mass is 32.2. The van der Waals surface area contributed by atoms with Crippen molar-refractivity contribution < 1.29 is 19.1 Å². The molecule has 0 saturated carbocycles. The Balaban J connectivity index is 2.71. The largest absolute Gasteiger partial charge is 0.466 e. The summed E-state index contributed by atoms with van der Waals surface area (Å²) >= 11 is 1.24. The van der Waals surface area contributed by atoms with Gasteiger partial charge in [-0.05, 0) is 5.56 Å². The number of carbonyl (C=O) groups excluding carboxylic acids is 2. The summed E-state index contributed by atoms with van der Waals surface area (Å²) < 4.78 is 9.10. The van der Waals surface area contributed by atoms with E-state index < -0.39 is 11.9 Å². The van der Waals surface area contributed by atoms with Gasteiger partial charge in [-0.2, -0.15) is 0 Å². The molecule has 0 radical (unpaired) electrons. The van der Waals surface area contributed by atoms with Crippen molar-refractivity contribution in [2.24, 2.45) is 0 Å². The van der Waals surface area contributed by atoms with Crippen LogP contribution >= 0.6 is 11.8 Å².